The maximum Gasteiger partial charge on any atom is 0.288 e. The first kappa shape index (κ1) is 17.2. The molecule has 1 aliphatic heterocycles. The third-order valence-electron chi connectivity index (χ3n) is 4.28. The summed E-state index contributed by atoms with van der Waals surface area (Å²) >= 11 is 6.09. The zero-order valence-electron chi connectivity index (χ0n) is 13.5. The van der Waals surface area contributed by atoms with Gasteiger partial charge in [-0.25, -0.2) is 0 Å². The second kappa shape index (κ2) is 7.11. The van der Waals surface area contributed by atoms with Gasteiger partial charge in [-0.2, -0.15) is 8.78 Å². The van der Waals surface area contributed by atoms with Gasteiger partial charge in [0.1, 0.15) is 0 Å². The smallest absolute Gasteiger partial charge is 0.288 e. The first-order valence-electron chi connectivity index (χ1n) is 7.74. The number of hydrogen-bond donors (Lipinski definition) is 1. The Hall–Kier alpha value is -1.60. The van der Waals surface area contributed by atoms with E-state index in [0.717, 1.165) is 18.8 Å². The van der Waals surface area contributed by atoms with Crippen LogP contribution in [0.25, 0.3) is 0 Å². The predicted molar refractivity (Wildman–Crippen MR) is 98.8 cm³/mol. The van der Waals surface area contributed by atoms with Crippen LogP contribution >= 0.6 is 24.0 Å². The van der Waals surface area contributed by atoms with E-state index in [2.05, 4.69) is 40.8 Å². The van der Waals surface area contributed by atoms with Crippen molar-refractivity contribution in [2.24, 2.45) is 0 Å². The summed E-state index contributed by atoms with van der Waals surface area (Å²) in [5.41, 5.74) is 3.33. The van der Waals surface area contributed by atoms with Gasteiger partial charge in [-0.3, -0.25) is 0 Å². The van der Waals surface area contributed by atoms with E-state index >= 15 is 0 Å². The molecule has 0 bridgehead atoms. The number of rotatable bonds is 3. The standard InChI is InChI=1S/C17H19F2N3S2/c1-11-3-8-15-12(2)22(10-9-21(11)15)17(23)20-13-4-6-14(7-5-13)24-16(18)19/h3-8,12,16H,9-10H2,1-2H3,(H,20,23)/t12-/m1/s1. The predicted octanol–water partition coefficient (Wildman–Crippen LogP) is 4.88. The molecule has 1 atom stereocenters. The Morgan fingerprint density at radius 3 is 2.58 bits per heavy atom. The lowest BCUT2D eigenvalue weighted by Crippen LogP contribution is -2.43. The maximum atomic E-state index is 12.4. The molecule has 7 heteroatoms. The average molecular weight is 367 g/mol. The second-order valence-corrected chi connectivity index (χ2v) is 7.20. The molecule has 0 fully saturated rings. The van der Waals surface area contributed by atoms with Gasteiger partial charge < -0.3 is 14.8 Å². The average Bonchev–Trinajstić information content (AvgIpc) is 2.91. The fourth-order valence-electron chi connectivity index (χ4n) is 3.01. The molecule has 1 aromatic heterocycles. The first-order valence-corrected chi connectivity index (χ1v) is 9.03. The lowest BCUT2D eigenvalue weighted by molar-refractivity contribution is 0.252. The van der Waals surface area contributed by atoms with Gasteiger partial charge in [0.15, 0.2) is 5.11 Å². The van der Waals surface area contributed by atoms with E-state index in [1.165, 1.54) is 11.4 Å². The molecule has 0 radical (unpaired) electrons. The first-order chi connectivity index (χ1) is 11.5. The highest BCUT2D eigenvalue weighted by atomic mass is 32.2. The normalized spacial score (nSPS) is 17.0. The Morgan fingerprint density at radius 1 is 1.21 bits per heavy atom. The number of aryl methyl sites for hydroxylation is 1. The van der Waals surface area contributed by atoms with Gasteiger partial charge in [-0.05, 0) is 62.5 Å². The van der Waals surface area contributed by atoms with Gasteiger partial charge in [0.2, 0.25) is 0 Å². The van der Waals surface area contributed by atoms with Crippen molar-refractivity contribution in [1.82, 2.24) is 9.47 Å². The number of anilines is 1. The largest absolute Gasteiger partial charge is 0.345 e. The van der Waals surface area contributed by atoms with Crippen LogP contribution in [0.15, 0.2) is 41.3 Å². The zero-order valence-corrected chi connectivity index (χ0v) is 15.1. The van der Waals surface area contributed by atoms with Crippen molar-refractivity contribution in [3.05, 3.63) is 47.8 Å². The number of nitrogens with zero attached hydrogens (tertiary/aromatic N) is 2. The van der Waals surface area contributed by atoms with E-state index in [4.69, 9.17) is 12.2 Å². The van der Waals surface area contributed by atoms with Crippen LogP contribution in [0.3, 0.4) is 0 Å². The zero-order chi connectivity index (χ0) is 17.3. The molecule has 3 nitrogen and oxygen atoms in total. The van der Waals surface area contributed by atoms with Crippen molar-refractivity contribution < 1.29 is 8.78 Å². The fourth-order valence-corrected chi connectivity index (χ4v) is 3.88. The molecule has 0 unspecified atom stereocenters. The Morgan fingerprint density at radius 2 is 1.92 bits per heavy atom. The molecule has 0 spiro atoms. The van der Waals surface area contributed by atoms with Crippen LogP contribution in [0.1, 0.15) is 24.4 Å². The van der Waals surface area contributed by atoms with Gasteiger partial charge in [-0.1, -0.05) is 11.8 Å². The number of thiocarbonyl (C=S) groups is 1. The molecule has 1 aromatic carbocycles. The van der Waals surface area contributed by atoms with E-state index < -0.39 is 5.76 Å². The molecular formula is C17H19F2N3S2. The maximum absolute atomic E-state index is 12.4. The third kappa shape index (κ3) is 3.57. The summed E-state index contributed by atoms with van der Waals surface area (Å²) in [6.45, 7) is 6.00. The molecule has 0 aliphatic carbocycles. The molecule has 0 saturated heterocycles. The Bertz CT molecular complexity index is 728. The highest BCUT2D eigenvalue weighted by Gasteiger charge is 2.26. The van der Waals surface area contributed by atoms with E-state index in [0.29, 0.717) is 21.8 Å². The van der Waals surface area contributed by atoms with Crippen molar-refractivity contribution in [3.8, 4) is 0 Å². The number of fused-ring (bicyclic) bond motifs is 1. The minimum Gasteiger partial charge on any atom is -0.345 e. The fraction of sp³-hybridized carbons (Fsp3) is 0.353. The van der Waals surface area contributed by atoms with Crippen LogP contribution in [0.5, 0.6) is 0 Å². The summed E-state index contributed by atoms with van der Waals surface area (Å²) in [5, 5.41) is 3.87. The number of thioether (sulfide) groups is 1. The summed E-state index contributed by atoms with van der Waals surface area (Å²) in [5.74, 6) is -2.40. The molecule has 2 heterocycles. The quantitative estimate of drug-likeness (QED) is 0.616. The number of halogens is 2. The molecule has 128 valence electrons. The minimum absolute atomic E-state index is 0.195. The van der Waals surface area contributed by atoms with Crippen LogP contribution in [-0.4, -0.2) is 26.9 Å². The SMILES string of the molecule is Cc1ccc2n1CCN(C(=S)Nc1ccc(SC(F)F)cc1)[C@@H]2C. The van der Waals surface area contributed by atoms with Gasteiger partial charge in [0.25, 0.3) is 5.76 Å². The van der Waals surface area contributed by atoms with Gasteiger partial charge in [0.05, 0.1) is 6.04 Å². The monoisotopic (exact) mass is 367 g/mol. The van der Waals surface area contributed by atoms with Crippen LogP contribution < -0.4 is 5.32 Å². The number of nitrogens with one attached hydrogen (secondary N) is 1. The van der Waals surface area contributed by atoms with Crippen LogP contribution in [0.2, 0.25) is 0 Å². The number of hydrogen-bond acceptors (Lipinski definition) is 2. The van der Waals surface area contributed by atoms with Crippen molar-refractivity contribution >= 4 is 34.8 Å². The van der Waals surface area contributed by atoms with Gasteiger partial charge in [-0.15, -0.1) is 0 Å². The third-order valence-corrected chi connectivity index (χ3v) is 5.34. The van der Waals surface area contributed by atoms with Crippen molar-refractivity contribution in [3.63, 3.8) is 0 Å². The minimum atomic E-state index is -2.40. The Kier molecular flexibility index (Phi) is 5.10. The molecule has 3 rings (SSSR count). The molecular weight excluding hydrogens is 348 g/mol. The molecule has 24 heavy (non-hydrogen) atoms. The van der Waals surface area contributed by atoms with Crippen molar-refractivity contribution in [1.29, 1.82) is 0 Å². The highest BCUT2D eigenvalue weighted by molar-refractivity contribution is 7.99. The van der Waals surface area contributed by atoms with Crippen LogP contribution in [-0.2, 0) is 6.54 Å². The molecule has 0 saturated carbocycles. The molecule has 0 amide bonds. The summed E-state index contributed by atoms with van der Waals surface area (Å²) in [6.07, 6.45) is 0. The van der Waals surface area contributed by atoms with E-state index in [-0.39, 0.29) is 6.04 Å². The summed E-state index contributed by atoms with van der Waals surface area (Å²) in [6, 6.07) is 11.4. The van der Waals surface area contributed by atoms with E-state index in [1.54, 1.807) is 24.3 Å². The molecule has 1 aliphatic rings. The van der Waals surface area contributed by atoms with E-state index in [1.807, 2.05) is 0 Å². The number of aromatic nitrogens is 1. The molecule has 2 aromatic rings. The topological polar surface area (TPSA) is 20.2 Å². The Balaban J connectivity index is 1.67. The number of alkyl halides is 2. The van der Waals surface area contributed by atoms with Crippen molar-refractivity contribution in [2.45, 2.75) is 37.1 Å². The lowest BCUT2D eigenvalue weighted by Gasteiger charge is -2.37. The van der Waals surface area contributed by atoms with Gasteiger partial charge >= 0.3 is 0 Å². The summed E-state index contributed by atoms with van der Waals surface area (Å²) < 4.78 is 27.0. The second-order valence-electron chi connectivity index (χ2n) is 5.75. The van der Waals surface area contributed by atoms with Crippen LogP contribution in [0, 0.1) is 6.92 Å². The van der Waals surface area contributed by atoms with Gasteiger partial charge in [0, 0.05) is 35.1 Å². The van der Waals surface area contributed by atoms with E-state index in [9.17, 15) is 8.78 Å². The number of benzene rings is 1. The molecule has 1 N–H and O–H groups in total. The van der Waals surface area contributed by atoms with Crippen LogP contribution in [0.4, 0.5) is 14.5 Å². The lowest BCUT2D eigenvalue weighted by atomic mass is 10.1. The summed E-state index contributed by atoms with van der Waals surface area (Å²) in [4.78, 5) is 2.70. The highest BCUT2D eigenvalue weighted by Crippen LogP contribution is 2.29. The summed E-state index contributed by atoms with van der Waals surface area (Å²) in [7, 11) is 0. The Labute approximate surface area is 150 Å². The van der Waals surface area contributed by atoms with Crippen molar-refractivity contribution in [2.75, 3.05) is 11.9 Å².